The number of aliphatic hydroxyl groups excluding tert-OH is 1. The molecule has 1 heterocycles. The van der Waals surface area contributed by atoms with E-state index in [0.29, 0.717) is 6.04 Å². The highest BCUT2D eigenvalue weighted by molar-refractivity contribution is 7.10. The maximum absolute atomic E-state index is 9.71. The summed E-state index contributed by atoms with van der Waals surface area (Å²) in [5, 5.41) is 18.9. The monoisotopic (exact) mass is 363 g/mol. The summed E-state index contributed by atoms with van der Waals surface area (Å²) in [5.74, 6) is 0.949. The highest BCUT2D eigenvalue weighted by atomic mass is 32.1. The molecule has 0 saturated heterocycles. The van der Waals surface area contributed by atoms with Crippen molar-refractivity contribution >= 4 is 17.3 Å². The van der Waals surface area contributed by atoms with Gasteiger partial charge in [0.2, 0.25) is 0 Å². The number of aliphatic hydroxyl groups is 1. The highest BCUT2D eigenvalue weighted by Gasteiger charge is 2.34. The molecule has 0 spiro atoms. The van der Waals surface area contributed by atoms with Crippen LogP contribution in [0.25, 0.3) is 0 Å². The summed E-state index contributed by atoms with van der Waals surface area (Å²) in [4.78, 5) is 6.52. The summed E-state index contributed by atoms with van der Waals surface area (Å²) in [6.45, 7) is 3.88. The number of thiophene rings is 1. The fourth-order valence-electron chi connectivity index (χ4n) is 4.26. The van der Waals surface area contributed by atoms with Crippen LogP contribution in [0.3, 0.4) is 0 Å². The van der Waals surface area contributed by atoms with E-state index in [0.717, 1.165) is 44.7 Å². The van der Waals surface area contributed by atoms with Gasteiger partial charge in [-0.05, 0) is 56.9 Å². The van der Waals surface area contributed by atoms with Crippen LogP contribution < -0.4 is 10.6 Å². The molecule has 1 aromatic heterocycles. The third-order valence-electron chi connectivity index (χ3n) is 5.78. The quantitative estimate of drug-likeness (QED) is 0.551. The van der Waals surface area contributed by atoms with Crippen molar-refractivity contribution < 1.29 is 5.11 Å². The minimum atomic E-state index is -0.109. The van der Waals surface area contributed by atoms with Crippen LogP contribution in [0.2, 0.25) is 0 Å². The SMILES string of the molecule is CCNC(=NCC1(c2cccs2)CCCCC1)NC1CCC(O)CC1. The smallest absolute Gasteiger partial charge is 0.191 e. The Morgan fingerprint density at radius 1 is 1.24 bits per heavy atom. The summed E-state index contributed by atoms with van der Waals surface area (Å²) in [6, 6.07) is 4.91. The Bertz CT molecular complexity index is 529. The predicted molar refractivity (Wildman–Crippen MR) is 106 cm³/mol. The Labute approximate surface area is 156 Å². The number of rotatable bonds is 5. The Hall–Kier alpha value is -1.07. The van der Waals surface area contributed by atoms with Crippen molar-refractivity contribution in [2.75, 3.05) is 13.1 Å². The van der Waals surface area contributed by atoms with Gasteiger partial charge in [-0.2, -0.15) is 0 Å². The van der Waals surface area contributed by atoms with Gasteiger partial charge in [0.15, 0.2) is 5.96 Å². The molecule has 2 aliphatic carbocycles. The molecule has 25 heavy (non-hydrogen) atoms. The van der Waals surface area contributed by atoms with Gasteiger partial charge >= 0.3 is 0 Å². The lowest BCUT2D eigenvalue weighted by Crippen LogP contribution is -2.46. The average molecular weight is 364 g/mol. The van der Waals surface area contributed by atoms with Crippen molar-refractivity contribution in [3.8, 4) is 0 Å². The van der Waals surface area contributed by atoms with Gasteiger partial charge in [0.05, 0.1) is 12.6 Å². The van der Waals surface area contributed by atoms with E-state index in [-0.39, 0.29) is 11.5 Å². The van der Waals surface area contributed by atoms with Crippen LogP contribution >= 0.6 is 11.3 Å². The Balaban J connectivity index is 1.68. The van der Waals surface area contributed by atoms with Crippen LogP contribution in [0.1, 0.15) is 69.6 Å². The zero-order chi connectivity index (χ0) is 17.5. The van der Waals surface area contributed by atoms with Gasteiger partial charge in [-0.25, -0.2) is 0 Å². The molecular formula is C20H33N3OS. The fourth-order valence-corrected chi connectivity index (χ4v) is 5.23. The van der Waals surface area contributed by atoms with E-state index in [2.05, 4.69) is 35.1 Å². The summed E-state index contributed by atoms with van der Waals surface area (Å²) in [7, 11) is 0. The highest BCUT2D eigenvalue weighted by Crippen LogP contribution is 2.41. The van der Waals surface area contributed by atoms with Crippen molar-refractivity contribution in [1.29, 1.82) is 0 Å². The molecule has 2 aliphatic rings. The van der Waals surface area contributed by atoms with Gasteiger partial charge in [-0.3, -0.25) is 4.99 Å². The summed E-state index contributed by atoms with van der Waals surface area (Å²) in [5.41, 5.74) is 0.234. The third kappa shape index (κ3) is 4.98. The molecule has 1 aromatic rings. The van der Waals surface area contributed by atoms with Crippen LogP contribution in [-0.2, 0) is 5.41 Å². The van der Waals surface area contributed by atoms with Crippen LogP contribution in [-0.4, -0.2) is 36.3 Å². The van der Waals surface area contributed by atoms with Crippen molar-refractivity contribution in [3.63, 3.8) is 0 Å². The van der Waals surface area contributed by atoms with Crippen LogP contribution in [0, 0.1) is 0 Å². The molecule has 0 unspecified atom stereocenters. The summed E-state index contributed by atoms with van der Waals surface area (Å²) >= 11 is 1.89. The standard InChI is InChI=1S/C20H33N3OS/c1-2-21-19(23-16-8-10-17(24)11-9-16)22-15-20(12-4-3-5-13-20)18-7-6-14-25-18/h6-7,14,16-17,24H,2-5,8-13,15H2,1H3,(H2,21,22,23). The first-order chi connectivity index (χ1) is 12.2. The van der Waals surface area contributed by atoms with Gasteiger partial charge in [-0.15, -0.1) is 11.3 Å². The van der Waals surface area contributed by atoms with E-state index in [1.54, 1.807) is 0 Å². The molecule has 0 radical (unpaired) electrons. The molecule has 0 bridgehead atoms. The predicted octanol–water partition coefficient (Wildman–Crippen LogP) is 3.81. The molecule has 0 atom stereocenters. The van der Waals surface area contributed by atoms with E-state index in [4.69, 9.17) is 4.99 Å². The molecule has 4 nitrogen and oxygen atoms in total. The van der Waals surface area contributed by atoms with Crippen molar-refractivity contribution in [2.24, 2.45) is 4.99 Å². The first-order valence-electron chi connectivity index (χ1n) is 9.99. The van der Waals surface area contributed by atoms with Crippen molar-refractivity contribution in [3.05, 3.63) is 22.4 Å². The first-order valence-corrected chi connectivity index (χ1v) is 10.9. The molecule has 2 fully saturated rings. The molecule has 3 N–H and O–H groups in total. The maximum atomic E-state index is 9.71. The number of guanidine groups is 1. The van der Waals surface area contributed by atoms with Gasteiger partial charge in [0.25, 0.3) is 0 Å². The van der Waals surface area contributed by atoms with E-state index in [1.165, 1.54) is 37.0 Å². The van der Waals surface area contributed by atoms with Crippen molar-refractivity contribution in [1.82, 2.24) is 10.6 Å². The van der Waals surface area contributed by atoms with Gasteiger partial charge in [0, 0.05) is 22.9 Å². The number of aliphatic imine (C=N–C) groups is 1. The molecule has 5 heteroatoms. The zero-order valence-electron chi connectivity index (χ0n) is 15.5. The number of nitrogens with zero attached hydrogens (tertiary/aromatic N) is 1. The molecule has 3 rings (SSSR count). The number of hydrogen-bond donors (Lipinski definition) is 3. The third-order valence-corrected chi connectivity index (χ3v) is 6.89. The van der Waals surface area contributed by atoms with E-state index in [1.807, 2.05) is 11.3 Å². The minimum absolute atomic E-state index is 0.109. The lowest BCUT2D eigenvalue weighted by atomic mass is 9.73. The maximum Gasteiger partial charge on any atom is 0.191 e. The second-order valence-electron chi connectivity index (χ2n) is 7.66. The average Bonchev–Trinajstić information content (AvgIpc) is 3.18. The topological polar surface area (TPSA) is 56.7 Å². The fraction of sp³-hybridized carbons (Fsp3) is 0.750. The molecule has 0 amide bonds. The lowest BCUT2D eigenvalue weighted by Gasteiger charge is -2.36. The Morgan fingerprint density at radius 3 is 2.64 bits per heavy atom. The second kappa shape index (κ2) is 9.04. The second-order valence-corrected chi connectivity index (χ2v) is 8.61. The first kappa shape index (κ1) is 18.7. The summed E-state index contributed by atoms with van der Waals surface area (Å²) < 4.78 is 0. The lowest BCUT2D eigenvalue weighted by molar-refractivity contribution is 0.120. The van der Waals surface area contributed by atoms with Crippen LogP contribution in [0.4, 0.5) is 0 Å². The normalized spacial score (nSPS) is 27.0. The van der Waals surface area contributed by atoms with Gasteiger partial charge < -0.3 is 15.7 Å². The number of nitrogens with one attached hydrogen (secondary N) is 2. The largest absolute Gasteiger partial charge is 0.393 e. The number of hydrogen-bond acceptors (Lipinski definition) is 3. The summed E-state index contributed by atoms with van der Waals surface area (Å²) in [6.07, 6.45) is 10.3. The molecule has 2 saturated carbocycles. The van der Waals surface area contributed by atoms with Gasteiger partial charge in [0.1, 0.15) is 0 Å². The Kier molecular flexibility index (Phi) is 6.77. The van der Waals surface area contributed by atoms with E-state index in [9.17, 15) is 5.11 Å². The van der Waals surface area contributed by atoms with E-state index >= 15 is 0 Å². The van der Waals surface area contributed by atoms with Crippen molar-refractivity contribution in [2.45, 2.75) is 82.3 Å². The molecular weight excluding hydrogens is 330 g/mol. The molecule has 0 aliphatic heterocycles. The Morgan fingerprint density at radius 2 is 2.00 bits per heavy atom. The van der Waals surface area contributed by atoms with Crippen LogP contribution in [0.15, 0.2) is 22.5 Å². The zero-order valence-corrected chi connectivity index (χ0v) is 16.3. The molecule has 140 valence electrons. The van der Waals surface area contributed by atoms with Gasteiger partial charge in [-0.1, -0.05) is 25.3 Å². The van der Waals surface area contributed by atoms with E-state index < -0.39 is 0 Å². The van der Waals surface area contributed by atoms with Crippen LogP contribution in [0.5, 0.6) is 0 Å². The minimum Gasteiger partial charge on any atom is -0.393 e. The molecule has 0 aromatic carbocycles.